The molecule has 7 heteroatoms. The maximum Gasteiger partial charge on any atom is 0.339 e. The molecule has 0 spiro atoms. The van der Waals surface area contributed by atoms with Gasteiger partial charge >= 0.3 is 5.97 Å². The fraction of sp³-hybridized carbons (Fsp3) is 0.0870. The topological polar surface area (TPSA) is 96.4 Å². The molecule has 30 heavy (non-hydrogen) atoms. The number of hydrogen-bond donors (Lipinski definition) is 2. The minimum absolute atomic E-state index is 0.0103. The Bertz CT molecular complexity index is 1170. The highest BCUT2D eigenvalue weighted by Gasteiger charge is 2.16. The maximum absolute atomic E-state index is 12.3. The van der Waals surface area contributed by atoms with Crippen LogP contribution in [-0.4, -0.2) is 28.6 Å². The lowest BCUT2D eigenvalue weighted by Gasteiger charge is -2.10. The molecule has 0 radical (unpaired) electrons. The molecule has 3 aromatic rings. The van der Waals surface area contributed by atoms with Crippen molar-refractivity contribution in [2.45, 2.75) is 6.92 Å². The Morgan fingerprint density at radius 2 is 2.00 bits per heavy atom. The second kappa shape index (κ2) is 9.47. The van der Waals surface area contributed by atoms with Crippen LogP contribution in [-0.2, 0) is 0 Å². The molecule has 3 rings (SSSR count). The lowest BCUT2D eigenvalue weighted by atomic mass is 10.1. The minimum atomic E-state index is -1.12. The average Bonchev–Trinajstić information content (AvgIpc) is 3.24. The van der Waals surface area contributed by atoms with E-state index in [4.69, 9.17) is 14.7 Å². The third-order valence-electron chi connectivity index (χ3n) is 4.25. The summed E-state index contributed by atoms with van der Waals surface area (Å²) >= 11 is 0. The fourth-order valence-corrected chi connectivity index (χ4v) is 2.83. The summed E-state index contributed by atoms with van der Waals surface area (Å²) in [7, 11) is 0. The van der Waals surface area contributed by atoms with Crippen molar-refractivity contribution >= 4 is 28.0 Å². The first kappa shape index (κ1) is 20.7. The lowest BCUT2D eigenvalue weighted by molar-refractivity contribution is 0.0693. The average molecular weight is 406 g/mol. The number of nitrogens with one attached hydrogen (secondary N) is 1. The number of allylic oxidation sites excluding steroid dienone is 5. The summed E-state index contributed by atoms with van der Waals surface area (Å²) in [6, 6.07) is 12.1. The Hall–Kier alpha value is -4.00. The van der Waals surface area contributed by atoms with Crippen LogP contribution >= 0.6 is 0 Å². The van der Waals surface area contributed by atoms with Crippen LogP contribution in [0.4, 0.5) is 4.39 Å². The van der Waals surface area contributed by atoms with Crippen molar-refractivity contribution in [3.63, 3.8) is 0 Å². The van der Waals surface area contributed by atoms with E-state index in [1.54, 1.807) is 24.3 Å². The van der Waals surface area contributed by atoms with Crippen LogP contribution in [0.25, 0.3) is 16.3 Å². The Kier molecular flexibility index (Phi) is 6.54. The van der Waals surface area contributed by atoms with Gasteiger partial charge in [0.15, 0.2) is 5.76 Å². The van der Waals surface area contributed by atoms with Gasteiger partial charge in [0.05, 0.1) is 6.33 Å². The van der Waals surface area contributed by atoms with Crippen LogP contribution in [0.5, 0.6) is 5.75 Å². The highest BCUT2D eigenvalue weighted by Crippen LogP contribution is 2.26. The van der Waals surface area contributed by atoms with Crippen molar-refractivity contribution in [1.29, 1.82) is 5.41 Å². The molecule has 0 saturated heterocycles. The third kappa shape index (κ3) is 4.70. The van der Waals surface area contributed by atoms with Gasteiger partial charge in [0, 0.05) is 11.6 Å². The number of rotatable bonds is 8. The molecule has 2 aromatic carbocycles. The van der Waals surface area contributed by atoms with E-state index < -0.39 is 5.97 Å². The first-order valence-electron chi connectivity index (χ1n) is 9.07. The van der Waals surface area contributed by atoms with Crippen molar-refractivity contribution in [3.05, 3.63) is 90.1 Å². The Labute approximate surface area is 172 Å². The summed E-state index contributed by atoms with van der Waals surface area (Å²) < 4.78 is 23.1. The maximum atomic E-state index is 12.3. The van der Waals surface area contributed by atoms with E-state index in [0.717, 1.165) is 10.8 Å². The number of carbonyl (C=O) groups is 1. The first-order chi connectivity index (χ1) is 14.5. The van der Waals surface area contributed by atoms with Crippen molar-refractivity contribution in [1.82, 2.24) is 5.16 Å². The molecule has 6 nitrogen and oxygen atoms in total. The minimum Gasteiger partial charge on any atom is -0.486 e. The lowest BCUT2D eigenvalue weighted by Crippen LogP contribution is -2.13. The molecule has 1 heterocycles. The fourth-order valence-electron chi connectivity index (χ4n) is 2.83. The van der Waals surface area contributed by atoms with E-state index in [2.05, 4.69) is 5.16 Å². The molecule has 0 fully saturated rings. The number of carboxylic acid groups (broad SMARTS) is 1. The van der Waals surface area contributed by atoms with E-state index in [1.807, 2.05) is 31.2 Å². The van der Waals surface area contributed by atoms with Gasteiger partial charge in [-0.3, -0.25) is 5.41 Å². The van der Waals surface area contributed by atoms with Crippen molar-refractivity contribution in [2.75, 3.05) is 6.61 Å². The molecular weight excluding hydrogens is 387 g/mol. The van der Waals surface area contributed by atoms with Crippen molar-refractivity contribution in [2.24, 2.45) is 0 Å². The van der Waals surface area contributed by atoms with Crippen LogP contribution in [0.15, 0.2) is 77.6 Å². The van der Waals surface area contributed by atoms with Gasteiger partial charge in [-0.15, -0.1) is 0 Å². The van der Waals surface area contributed by atoms with Gasteiger partial charge in [0.1, 0.15) is 29.3 Å². The number of carboxylic acids is 1. The number of fused-ring (bicyclic) bond motifs is 1. The molecule has 0 saturated carbocycles. The standard InChI is InChI=1S/C23H19FN2O4/c1-2-6-15(9-5-10-24)20-13-22(30-26-20)19(25)14-29-21-12-17-8-4-3-7-16(17)11-18(21)23(27)28/h2-13,25H,14H2,1H3,(H,27,28)/b6-2-,10-5+,15-9+,25-19?. The van der Waals surface area contributed by atoms with Gasteiger partial charge < -0.3 is 14.4 Å². The summed E-state index contributed by atoms with van der Waals surface area (Å²) in [6.07, 6.45) is 6.66. The second-order valence-electron chi connectivity index (χ2n) is 6.28. The Morgan fingerprint density at radius 1 is 1.27 bits per heavy atom. The van der Waals surface area contributed by atoms with Gasteiger partial charge in [-0.2, -0.15) is 0 Å². The number of hydrogen-bond acceptors (Lipinski definition) is 5. The molecule has 0 atom stereocenters. The van der Waals surface area contributed by atoms with Crippen molar-refractivity contribution < 1.29 is 23.6 Å². The van der Waals surface area contributed by atoms with Crippen LogP contribution in [0.1, 0.15) is 28.7 Å². The molecule has 0 aliphatic rings. The van der Waals surface area contributed by atoms with Gasteiger partial charge in [-0.05, 0) is 35.9 Å². The monoisotopic (exact) mass is 406 g/mol. The second-order valence-corrected chi connectivity index (χ2v) is 6.28. The van der Waals surface area contributed by atoms with Crippen LogP contribution in [0.2, 0.25) is 0 Å². The SMILES string of the molecule is C\C=C/C(=C\C=C\F)c1cc(C(=N)COc2cc3ccccc3cc2C(=O)O)on1. The van der Waals surface area contributed by atoms with E-state index >= 15 is 0 Å². The number of ether oxygens (including phenoxy) is 1. The molecule has 1 aromatic heterocycles. The van der Waals surface area contributed by atoms with E-state index in [1.165, 1.54) is 18.2 Å². The number of benzene rings is 2. The Morgan fingerprint density at radius 3 is 2.67 bits per heavy atom. The highest BCUT2D eigenvalue weighted by molar-refractivity contribution is 5.99. The van der Waals surface area contributed by atoms with Gasteiger partial charge in [-0.25, -0.2) is 9.18 Å². The normalized spacial score (nSPS) is 12.1. The summed E-state index contributed by atoms with van der Waals surface area (Å²) in [4.78, 5) is 11.6. The zero-order valence-corrected chi connectivity index (χ0v) is 16.1. The quantitative estimate of drug-likeness (QED) is 0.385. The van der Waals surface area contributed by atoms with E-state index in [0.29, 0.717) is 17.6 Å². The van der Waals surface area contributed by atoms with E-state index in [-0.39, 0.29) is 29.4 Å². The highest BCUT2D eigenvalue weighted by atomic mass is 19.1. The Balaban J connectivity index is 1.80. The summed E-state index contributed by atoms with van der Waals surface area (Å²) in [5.41, 5.74) is 1.04. The molecule has 0 aliphatic heterocycles. The zero-order valence-electron chi connectivity index (χ0n) is 16.1. The largest absolute Gasteiger partial charge is 0.486 e. The van der Waals surface area contributed by atoms with Gasteiger partial charge in [0.2, 0.25) is 0 Å². The van der Waals surface area contributed by atoms with Gasteiger partial charge in [-0.1, -0.05) is 47.7 Å². The predicted molar refractivity (Wildman–Crippen MR) is 113 cm³/mol. The van der Waals surface area contributed by atoms with E-state index in [9.17, 15) is 14.3 Å². The number of aromatic nitrogens is 1. The molecule has 0 amide bonds. The van der Waals surface area contributed by atoms with Gasteiger partial charge in [0.25, 0.3) is 0 Å². The van der Waals surface area contributed by atoms with Crippen LogP contribution < -0.4 is 4.74 Å². The predicted octanol–water partition coefficient (Wildman–Crippen LogP) is 5.42. The molecule has 2 N–H and O–H groups in total. The van der Waals surface area contributed by atoms with Crippen LogP contribution in [0, 0.1) is 5.41 Å². The molecule has 0 aliphatic carbocycles. The molecule has 0 bridgehead atoms. The summed E-state index contributed by atoms with van der Waals surface area (Å²) in [5.74, 6) is -0.790. The first-order valence-corrected chi connectivity index (χ1v) is 9.07. The number of nitrogens with zero attached hydrogens (tertiary/aromatic N) is 1. The van der Waals surface area contributed by atoms with Crippen LogP contribution in [0.3, 0.4) is 0 Å². The number of halogens is 1. The zero-order chi connectivity index (χ0) is 21.5. The molecule has 152 valence electrons. The number of aromatic carboxylic acids is 1. The molecular formula is C23H19FN2O4. The summed E-state index contributed by atoms with van der Waals surface area (Å²) in [6.45, 7) is 1.60. The smallest absolute Gasteiger partial charge is 0.339 e. The summed E-state index contributed by atoms with van der Waals surface area (Å²) in [5, 5.41) is 23.2. The molecule has 0 unspecified atom stereocenters. The third-order valence-corrected chi connectivity index (χ3v) is 4.25. The van der Waals surface area contributed by atoms with Crippen molar-refractivity contribution in [3.8, 4) is 5.75 Å².